The molecule has 1 amide bonds. The molecule has 2 saturated carbocycles. The fourth-order valence-corrected chi connectivity index (χ4v) is 3.75. The highest BCUT2D eigenvalue weighted by molar-refractivity contribution is 5.83. The number of fused-ring (bicyclic) bond motifs is 2. The maximum Gasteiger partial charge on any atom is 0.228 e. The Morgan fingerprint density at radius 1 is 1.14 bits per heavy atom. The van der Waals surface area contributed by atoms with Crippen LogP contribution in [0.15, 0.2) is 0 Å². The summed E-state index contributed by atoms with van der Waals surface area (Å²) >= 11 is 0. The van der Waals surface area contributed by atoms with Crippen molar-refractivity contribution < 1.29 is 4.79 Å². The third-order valence-corrected chi connectivity index (χ3v) is 4.59. The second-order valence-electron chi connectivity index (χ2n) is 5.43. The monoisotopic (exact) mass is 193 g/mol. The van der Waals surface area contributed by atoms with Gasteiger partial charge in [0.2, 0.25) is 5.91 Å². The minimum Gasteiger partial charge on any atom is -0.342 e. The van der Waals surface area contributed by atoms with Gasteiger partial charge < -0.3 is 4.90 Å². The number of amides is 1. The van der Waals surface area contributed by atoms with Crippen LogP contribution in [0.4, 0.5) is 0 Å². The first-order valence-electron chi connectivity index (χ1n) is 6.10. The summed E-state index contributed by atoms with van der Waals surface area (Å²) in [5, 5.41) is 0. The molecule has 3 aliphatic rings. The van der Waals surface area contributed by atoms with E-state index in [4.69, 9.17) is 0 Å². The first-order chi connectivity index (χ1) is 6.80. The van der Waals surface area contributed by atoms with Crippen molar-refractivity contribution in [2.24, 2.45) is 11.3 Å². The number of nitrogens with zero attached hydrogens (tertiary/aromatic N) is 1. The number of hydrogen-bond donors (Lipinski definition) is 0. The van der Waals surface area contributed by atoms with Crippen molar-refractivity contribution >= 4 is 5.91 Å². The number of rotatable bonds is 1. The van der Waals surface area contributed by atoms with Crippen LogP contribution in [0.2, 0.25) is 0 Å². The fourth-order valence-electron chi connectivity index (χ4n) is 3.75. The SMILES string of the molecule is O=C(N1CCCC1)C12CCC(CC1)C2. The molecule has 2 bridgehead atoms. The van der Waals surface area contributed by atoms with E-state index in [1.165, 1.54) is 44.9 Å². The second kappa shape index (κ2) is 2.98. The van der Waals surface area contributed by atoms with E-state index in [2.05, 4.69) is 4.90 Å². The van der Waals surface area contributed by atoms with Gasteiger partial charge in [-0.25, -0.2) is 0 Å². The average molecular weight is 193 g/mol. The van der Waals surface area contributed by atoms with Crippen molar-refractivity contribution in [2.45, 2.75) is 44.9 Å². The lowest BCUT2D eigenvalue weighted by Gasteiger charge is -2.30. The van der Waals surface area contributed by atoms with E-state index >= 15 is 0 Å². The lowest BCUT2D eigenvalue weighted by Crippen LogP contribution is -2.40. The Morgan fingerprint density at radius 3 is 2.29 bits per heavy atom. The van der Waals surface area contributed by atoms with Crippen LogP contribution in [-0.2, 0) is 4.79 Å². The number of likely N-dealkylation sites (tertiary alicyclic amines) is 1. The third kappa shape index (κ3) is 1.12. The molecular weight excluding hydrogens is 174 g/mol. The smallest absolute Gasteiger partial charge is 0.228 e. The molecule has 1 aliphatic heterocycles. The Labute approximate surface area is 85.7 Å². The third-order valence-electron chi connectivity index (χ3n) is 4.59. The molecule has 0 spiro atoms. The molecule has 0 aromatic carbocycles. The molecule has 0 aromatic rings. The molecule has 78 valence electrons. The zero-order valence-electron chi connectivity index (χ0n) is 8.80. The summed E-state index contributed by atoms with van der Waals surface area (Å²) in [6.45, 7) is 2.07. The molecule has 2 aliphatic carbocycles. The van der Waals surface area contributed by atoms with Crippen molar-refractivity contribution in [1.82, 2.24) is 4.90 Å². The van der Waals surface area contributed by atoms with Crippen molar-refractivity contribution in [2.75, 3.05) is 13.1 Å². The van der Waals surface area contributed by atoms with Gasteiger partial charge in [0, 0.05) is 18.5 Å². The first kappa shape index (κ1) is 8.75. The highest BCUT2D eigenvalue weighted by Gasteiger charge is 2.51. The Bertz CT molecular complexity index is 247. The highest BCUT2D eigenvalue weighted by atomic mass is 16.2. The topological polar surface area (TPSA) is 20.3 Å². The fraction of sp³-hybridized carbons (Fsp3) is 0.917. The summed E-state index contributed by atoms with van der Waals surface area (Å²) in [5.41, 5.74) is 0.120. The molecule has 0 aromatic heterocycles. The van der Waals surface area contributed by atoms with Crippen molar-refractivity contribution in [3.05, 3.63) is 0 Å². The predicted octanol–water partition coefficient (Wildman–Crippen LogP) is 2.19. The molecule has 2 heteroatoms. The molecule has 1 heterocycles. The minimum absolute atomic E-state index is 0.120. The number of carbonyl (C=O) groups is 1. The Balaban J connectivity index is 1.77. The highest BCUT2D eigenvalue weighted by Crippen LogP contribution is 2.55. The van der Waals surface area contributed by atoms with Crippen LogP contribution in [0.1, 0.15) is 44.9 Å². The van der Waals surface area contributed by atoms with E-state index in [-0.39, 0.29) is 5.41 Å². The Hall–Kier alpha value is -0.530. The Kier molecular flexibility index (Phi) is 1.86. The Morgan fingerprint density at radius 2 is 1.79 bits per heavy atom. The molecule has 2 nitrogen and oxygen atoms in total. The van der Waals surface area contributed by atoms with Crippen molar-refractivity contribution in [3.63, 3.8) is 0 Å². The van der Waals surface area contributed by atoms with Gasteiger partial charge in [0.1, 0.15) is 0 Å². The second-order valence-corrected chi connectivity index (χ2v) is 5.43. The summed E-state index contributed by atoms with van der Waals surface area (Å²) < 4.78 is 0. The van der Waals surface area contributed by atoms with Crippen LogP contribution in [0.5, 0.6) is 0 Å². The maximum absolute atomic E-state index is 12.4. The van der Waals surface area contributed by atoms with Crippen molar-refractivity contribution in [3.8, 4) is 0 Å². The first-order valence-corrected chi connectivity index (χ1v) is 6.10. The molecule has 0 radical (unpaired) electrons. The van der Waals surface area contributed by atoms with Crippen LogP contribution < -0.4 is 0 Å². The van der Waals surface area contributed by atoms with E-state index in [1.54, 1.807) is 0 Å². The molecular formula is C12H19NO. The largest absolute Gasteiger partial charge is 0.342 e. The van der Waals surface area contributed by atoms with Gasteiger partial charge in [-0.05, 0) is 50.9 Å². The molecule has 3 fully saturated rings. The molecule has 0 N–H and O–H groups in total. The maximum atomic E-state index is 12.4. The normalized spacial score (nSPS) is 40.9. The number of carbonyl (C=O) groups excluding carboxylic acids is 1. The zero-order chi connectivity index (χ0) is 9.60. The molecule has 14 heavy (non-hydrogen) atoms. The van der Waals surface area contributed by atoms with Gasteiger partial charge in [-0.15, -0.1) is 0 Å². The summed E-state index contributed by atoms with van der Waals surface area (Å²) in [7, 11) is 0. The van der Waals surface area contributed by atoms with Crippen LogP contribution in [0.25, 0.3) is 0 Å². The van der Waals surface area contributed by atoms with Gasteiger partial charge in [0.15, 0.2) is 0 Å². The van der Waals surface area contributed by atoms with E-state index < -0.39 is 0 Å². The molecule has 0 atom stereocenters. The minimum atomic E-state index is 0.120. The van der Waals surface area contributed by atoms with Crippen LogP contribution in [0.3, 0.4) is 0 Å². The van der Waals surface area contributed by atoms with E-state index in [9.17, 15) is 4.79 Å². The quantitative estimate of drug-likeness (QED) is 0.625. The van der Waals surface area contributed by atoms with Crippen molar-refractivity contribution in [1.29, 1.82) is 0 Å². The van der Waals surface area contributed by atoms with Crippen LogP contribution in [0, 0.1) is 11.3 Å². The summed E-state index contributed by atoms with van der Waals surface area (Å²) in [6.07, 6.45) is 8.68. The van der Waals surface area contributed by atoms with Gasteiger partial charge in [-0.3, -0.25) is 4.79 Å². The average Bonchev–Trinajstić information content (AvgIpc) is 2.94. The predicted molar refractivity (Wildman–Crippen MR) is 54.8 cm³/mol. The van der Waals surface area contributed by atoms with E-state index in [0.29, 0.717) is 5.91 Å². The summed E-state index contributed by atoms with van der Waals surface area (Å²) in [5.74, 6) is 1.40. The zero-order valence-corrected chi connectivity index (χ0v) is 8.80. The molecule has 3 rings (SSSR count). The lowest BCUT2D eigenvalue weighted by molar-refractivity contribution is -0.140. The number of hydrogen-bond acceptors (Lipinski definition) is 1. The van der Waals surface area contributed by atoms with Gasteiger partial charge >= 0.3 is 0 Å². The van der Waals surface area contributed by atoms with E-state index in [1.807, 2.05) is 0 Å². The standard InChI is InChI=1S/C12H19NO/c14-11(13-7-1-2-8-13)12-5-3-10(9-12)4-6-12/h10H,1-9H2. The van der Waals surface area contributed by atoms with Gasteiger partial charge in [0.25, 0.3) is 0 Å². The van der Waals surface area contributed by atoms with Crippen LogP contribution in [-0.4, -0.2) is 23.9 Å². The summed E-state index contributed by atoms with van der Waals surface area (Å²) in [6, 6.07) is 0. The van der Waals surface area contributed by atoms with Gasteiger partial charge in [0.05, 0.1) is 0 Å². The van der Waals surface area contributed by atoms with Crippen LogP contribution >= 0.6 is 0 Å². The van der Waals surface area contributed by atoms with E-state index in [0.717, 1.165) is 19.0 Å². The lowest BCUT2D eigenvalue weighted by atomic mass is 9.83. The summed E-state index contributed by atoms with van der Waals surface area (Å²) in [4.78, 5) is 14.5. The van der Waals surface area contributed by atoms with Gasteiger partial charge in [-0.1, -0.05) is 0 Å². The molecule has 1 saturated heterocycles. The van der Waals surface area contributed by atoms with Gasteiger partial charge in [-0.2, -0.15) is 0 Å². The molecule has 0 unspecified atom stereocenters.